The number of benzene rings is 2. The van der Waals surface area contributed by atoms with Crippen LogP contribution in [0.5, 0.6) is 0 Å². The van der Waals surface area contributed by atoms with Gasteiger partial charge in [0.25, 0.3) is 5.91 Å². The zero-order valence-corrected chi connectivity index (χ0v) is 13.4. The molecule has 0 radical (unpaired) electrons. The van der Waals surface area contributed by atoms with Gasteiger partial charge in [-0.25, -0.2) is 18.0 Å². The number of carbonyl (C=O) groups excluding carboxylic acids is 2. The van der Waals surface area contributed by atoms with E-state index in [0.29, 0.717) is 17.2 Å². The number of para-hydroxylation sites is 1. The maximum atomic E-state index is 13.5. The highest BCUT2D eigenvalue weighted by molar-refractivity contribution is 5.98. The molecule has 26 heavy (non-hydrogen) atoms. The normalized spacial score (nSPS) is 10.8. The van der Waals surface area contributed by atoms with Gasteiger partial charge in [-0.15, -0.1) is 0 Å². The molecule has 0 spiro atoms. The van der Waals surface area contributed by atoms with E-state index >= 15 is 0 Å². The van der Waals surface area contributed by atoms with Crippen LogP contribution in [0.15, 0.2) is 40.8 Å². The molecule has 8 heteroatoms. The predicted molar refractivity (Wildman–Crippen MR) is 86.2 cm³/mol. The van der Waals surface area contributed by atoms with E-state index in [1.165, 1.54) is 0 Å². The van der Waals surface area contributed by atoms with Gasteiger partial charge in [0.1, 0.15) is 5.58 Å². The highest BCUT2D eigenvalue weighted by atomic mass is 19.2. The fourth-order valence-electron chi connectivity index (χ4n) is 2.37. The summed E-state index contributed by atoms with van der Waals surface area (Å²) < 4.78 is 49.7. The maximum absolute atomic E-state index is 13.5. The number of furan rings is 1. The SMILES string of the molecule is Cc1c(C(=O)OCC(=O)Nc2ccc(F)c(F)c2F)oc2ccccc12. The summed E-state index contributed by atoms with van der Waals surface area (Å²) in [5.74, 6) is -6.49. The molecule has 1 amide bonds. The van der Waals surface area contributed by atoms with Crippen LogP contribution in [0.2, 0.25) is 0 Å². The molecule has 0 unspecified atom stereocenters. The molecule has 3 rings (SSSR count). The fraction of sp³-hybridized carbons (Fsp3) is 0.111. The van der Waals surface area contributed by atoms with Crippen LogP contribution in [0.4, 0.5) is 18.9 Å². The van der Waals surface area contributed by atoms with Crippen molar-refractivity contribution in [1.29, 1.82) is 0 Å². The van der Waals surface area contributed by atoms with Gasteiger partial charge < -0.3 is 14.5 Å². The molecule has 5 nitrogen and oxygen atoms in total. The van der Waals surface area contributed by atoms with Crippen LogP contribution >= 0.6 is 0 Å². The molecule has 0 bridgehead atoms. The fourth-order valence-corrected chi connectivity index (χ4v) is 2.37. The van der Waals surface area contributed by atoms with Gasteiger partial charge in [-0.05, 0) is 25.1 Å². The second-order valence-corrected chi connectivity index (χ2v) is 5.40. The van der Waals surface area contributed by atoms with Crippen LogP contribution in [0.3, 0.4) is 0 Å². The minimum absolute atomic E-state index is 0.0574. The Morgan fingerprint density at radius 3 is 2.54 bits per heavy atom. The Morgan fingerprint density at radius 2 is 1.81 bits per heavy atom. The summed E-state index contributed by atoms with van der Waals surface area (Å²) in [7, 11) is 0. The van der Waals surface area contributed by atoms with Crippen molar-refractivity contribution in [2.24, 2.45) is 0 Å². The van der Waals surface area contributed by atoms with Gasteiger partial charge in [0, 0.05) is 10.9 Å². The molecular formula is C18H12F3NO4. The summed E-state index contributed by atoms with van der Waals surface area (Å²) in [5, 5.41) is 2.73. The third-order valence-corrected chi connectivity index (χ3v) is 3.67. The van der Waals surface area contributed by atoms with Gasteiger partial charge in [-0.3, -0.25) is 4.79 Å². The first kappa shape index (κ1) is 17.5. The van der Waals surface area contributed by atoms with Gasteiger partial charge in [-0.2, -0.15) is 0 Å². The lowest BCUT2D eigenvalue weighted by molar-refractivity contribution is -0.119. The number of fused-ring (bicyclic) bond motifs is 1. The number of nitrogens with one attached hydrogen (secondary N) is 1. The van der Waals surface area contributed by atoms with E-state index in [1.807, 2.05) is 5.32 Å². The summed E-state index contributed by atoms with van der Waals surface area (Å²) in [5.41, 5.74) is 0.479. The molecule has 3 aromatic rings. The minimum Gasteiger partial charge on any atom is -0.450 e. The van der Waals surface area contributed by atoms with Crippen LogP contribution < -0.4 is 5.32 Å². The van der Waals surface area contributed by atoms with Crippen LogP contribution in [-0.4, -0.2) is 18.5 Å². The third kappa shape index (κ3) is 3.26. The summed E-state index contributed by atoms with van der Waals surface area (Å²) in [6.45, 7) is 0.910. The number of esters is 1. The number of carbonyl (C=O) groups is 2. The number of halogens is 3. The average molecular weight is 363 g/mol. The van der Waals surface area contributed by atoms with Crippen LogP contribution in [0, 0.1) is 24.4 Å². The number of aryl methyl sites for hydroxylation is 1. The number of rotatable bonds is 4. The molecule has 1 aromatic heterocycles. The number of hydrogen-bond acceptors (Lipinski definition) is 4. The molecule has 0 aliphatic carbocycles. The smallest absolute Gasteiger partial charge is 0.375 e. The molecule has 2 aromatic carbocycles. The summed E-state index contributed by atoms with van der Waals surface area (Å²) in [6, 6.07) is 8.49. The molecule has 134 valence electrons. The molecule has 1 heterocycles. The summed E-state index contributed by atoms with van der Waals surface area (Å²) >= 11 is 0. The van der Waals surface area contributed by atoms with Gasteiger partial charge in [-0.1, -0.05) is 18.2 Å². The predicted octanol–water partition coefficient (Wildman–Crippen LogP) is 3.95. The Balaban J connectivity index is 1.66. The third-order valence-electron chi connectivity index (χ3n) is 3.67. The largest absolute Gasteiger partial charge is 0.450 e. The zero-order valence-electron chi connectivity index (χ0n) is 13.4. The van der Waals surface area contributed by atoms with Crippen molar-refractivity contribution in [3.63, 3.8) is 0 Å². The maximum Gasteiger partial charge on any atom is 0.375 e. The number of anilines is 1. The minimum atomic E-state index is -1.71. The van der Waals surface area contributed by atoms with E-state index in [-0.39, 0.29) is 5.76 Å². The Morgan fingerprint density at radius 1 is 1.08 bits per heavy atom. The molecule has 0 aliphatic heterocycles. The summed E-state index contributed by atoms with van der Waals surface area (Å²) in [4.78, 5) is 23.8. The van der Waals surface area contributed by atoms with E-state index < -0.39 is 41.6 Å². The van der Waals surface area contributed by atoms with Crippen molar-refractivity contribution in [3.8, 4) is 0 Å². The van der Waals surface area contributed by atoms with Gasteiger partial charge in [0.2, 0.25) is 5.76 Å². The highest BCUT2D eigenvalue weighted by Crippen LogP contribution is 2.25. The molecule has 1 N–H and O–H groups in total. The van der Waals surface area contributed by atoms with Crippen molar-refractivity contribution in [1.82, 2.24) is 0 Å². The average Bonchev–Trinajstić information content (AvgIpc) is 2.97. The molecule has 0 fully saturated rings. The first-order valence-electron chi connectivity index (χ1n) is 7.47. The van der Waals surface area contributed by atoms with Crippen LogP contribution in [0.25, 0.3) is 11.0 Å². The van der Waals surface area contributed by atoms with Gasteiger partial charge >= 0.3 is 5.97 Å². The monoisotopic (exact) mass is 363 g/mol. The number of amides is 1. The lowest BCUT2D eigenvalue weighted by Crippen LogP contribution is -2.22. The second kappa shape index (κ2) is 6.91. The second-order valence-electron chi connectivity index (χ2n) is 5.40. The van der Waals surface area contributed by atoms with Crippen molar-refractivity contribution >= 4 is 28.5 Å². The first-order valence-corrected chi connectivity index (χ1v) is 7.47. The van der Waals surface area contributed by atoms with Gasteiger partial charge in [0.05, 0.1) is 5.69 Å². The Hall–Kier alpha value is -3.29. The first-order chi connectivity index (χ1) is 12.4. The van der Waals surface area contributed by atoms with Crippen molar-refractivity contribution < 1.29 is 31.9 Å². The molecule has 0 saturated heterocycles. The van der Waals surface area contributed by atoms with E-state index in [9.17, 15) is 22.8 Å². The van der Waals surface area contributed by atoms with E-state index in [0.717, 1.165) is 11.5 Å². The molecular weight excluding hydrogens is 351 g/mol. The van der Waals surface area contributed by atoms with E-state index in [1.54, 1.807) is 31.2 Å². The Labute approximate surface area is 145 Å². The molecule has 0 saturated carbocycles. The molecule has 0 atom stereocenters. The Kier molecular flexibility index (Phi) is 4.66. The standard InChI is InChI=1S/C18H12F3NO4/c1-9-10-4-2-3-5-13(10)26-17(9)18(24)25-8-14(23)22-12-7-6-11(19)15(20)16(12)21/h2-7H,8H2,1H3,(H,22,23). The van der Waals surface area contributed by atoms with Crippen molar-refractivity contribution in [2.75, 3.05) is 11.9 Å². The van der Waals surface area contributed by atoms with E-state index in [2.05, 4.69) is 0 Å². The number of hydrogen-bond donors (Lipinski definition) is 1. The van der Waals surface area contributed by atoms with Crippen LogP contribution in [-0.2, 0) is 9.53 Å². The number of ether oxygens (including phenoxy) is 1. The highest BCUT2D eigenvalue weighted by Gasteiger charge is 2.20. The lowest BCUT2D eigenvalue weighted by Gasteiger charge is -2.07. The lowest BCUT2D eigenvalue weighted by atomic mass is 10.1. The summed E-state index contributed by atoms with van der Waals surface area (Å²) in [6.07, 6.45) is 0. The zero-order chi connectivity index (χ0) is 18.8. The van der Waals surface area contributed by atoms with Gasteiger partial charge in [0.15, 0.2) is 24.1 Å². The van der Waals surface area contributed by atoms with E-state index in [4.69, 9.17) is 9.15 Å². The quantitative estimate of drug-likeness (QED) is 0.563. The Bertz CT molecular complexity index is 1010. The topological polar surface area (TPSA) is 68.5 Å². The molecule has 0 aliphatic rings. The van der Waals surface area contributed by atoms with Crippen LogP contribution in [0.1, 0.15) is 16.1 Å². The van der Waals surface area contributed by atoms with Crippen molar-refractivity contribution in [2.45, 2.75) is 6.92 Å². The van der Waals surface area contributed by atoms with Crippen molar-refractivity contribution in [3.05, 3.63) is 65.2 Å².